The highest BCUT2D eigenvalue weighted by Gasteiger charge is 2.35. The van der Waals surface area contributed by atoms with Crippen LogP contribution in [0.5, 0.6) is 0 Å². The van der Waals surface area contributed by atoms with Crippen molar-refractivity contribution < 1.29 is 8.42 Å². The molecule has 0 atom stereocenters. The molecule has 5 heteroatoms. The summed E-state index contributed by atoms with van der Waals surface area (Å²) in [6.45, 7) is 9.99. The molecule has 0 heterocycles. The van der Waals surface area contributed by atoms with Gasteiger partial charge < -0.3 is 5.32 Å². The molecule has 2 N–H and O–H groups in total. The van der Waals surface area contributed by atoms with Crippen LogP contribution < -0.4 is 10.0 Å². The Labute approximate surface area is 131 Å². The Morgan fingerprint density at radius 2 is 1.71 bits per heavy atom. The van der Waals surface area contributed by atoms with Gasteiger partial charge in [0.2, 0.25) is 10.0 Å². The molecule has 126 valence electrons. The van der Waals surface area contributed by atoms with Crippen molar-refractivity contribution in [2.24, 2.45) is 11.3 Å². The maximum absolute atomic E-state index is 12.1. The van der Waals surface area contributed by atoms with E-state index in [0.717, 1.165) is 13.0 Å². The van der Waals surface area contributed by atoms with Gasteiger partial charge in [-0.15, -0.1) is 0 Å². The Bertz CT molecular complexity index is 385. The van der Waals surface area contributed by atoms with Gasteiger partial charge in [0.1, 0.15) is 0 Å². The molecule has 4 nitrogen and oxygen atoms in total. The van der Waals surface area contributed by atoms with Crippen LogP contribution in [0, 0.1) is 11.3 Å². The van der Waals surface area contributed by atoms with Gasteiger partial charge in [0.25, 0.3) is 0 Å². The zero-order valence-electron chi connectivity index (χ0n) is 14.2. The zero-order valence-corrected chi connectivity index (χ0v) is 15.1. The molecule has 0 amide bonds. The SMILES string of the molecule is CC(C)CC1(CNS(=O)(=O)CCCNC(C)C)CCCC1. The Kier molecular flexibility index (Phi) is 7.65. The van der Waals surface area contributed by atoms with E-state index in [4.69, 9.17) is 0 Å². The van der Waals surface area contributed by atoms with E-state index in [1.54, 1.807) is 0 Å². The molecule has 1 aliphatic rings. The Hall–Kier alpha value is -0.130. The van der Waals surface area contributed by atoms with E-state index in [1.807, 2.05) is 0 Å². The lowest BCUT2D eigenvalue weighted by Gasteiger charge is -2.31. The summed E-state index contributed by atoms with van der Waals surface area (Å²) >= 11 is 0. The highest BCUT2D eigenvalue weighted by molar-refractivity contribution is 7.89. The fraction of sp³-hybridized carbons (Fsp3) is 1.00. The molecule has 21 heavy (non-hydrogen) atoms. The van der Waals surface area contributed by atoms with Crippen molar-refractivity contribution >= 4 is 10.0 Å². The van der Waals surface area contributed by atoms with Crippen molar-refractivity contribution in [2.75, 3.05) is 18.8 Å². The first-order valence-corrected chi connectivity index (χ1v) is 10.1. The third kappa shape index (κ3) is 7.61. The highest BCUT2D eigenvalue weighted by atomic mass is 32.2. The highest BCUT2D eigenvalue weighted by Crippen LogP contribution is 2.42. The third-order valence-corrected chi connectivity index (χ3v) is 5.73. The molecule has 1 saturated carbocycles. The second kappa shape index (κ2) is 8.49. The van der Waals surface area contributed by atoms with Gasteiger partial charge in [0.05, 0.1) is 5.75 Å². The predicted molar refractivity (Wildman–Crippen MR) is 89.9 cm³/mol. The molecule has 0 saturated heterocycles. The summed E-state index contributed by atoms with van der Waals surface area (Å²) in [6, 6.07) is 0.411. The summed E-state index contributed by atoms with van der Waals surface area (Å²) in [5, 5.41) is 3.26. The van der Waals surface area contributed by atoms with Gasteiger partial charge in [0.15, 0.2) is 0 Å². The lowest BCUT2D eigenvalue weighted by molar-refractivity contribution is 0.236. The molecule has 0 spiro atoms. The quantitative estimate of drug-likeness (QED) is 0.609. The van der Waals surface area contributed by atoms with Gasteiger partial charge in [-0.2, -0.15) is 0 Å². The normalized spacial score (nSPS) is 18.8. The first kappa shape index (κ1) is 18.9. The van der Waals surface area contributed by atoms with Crippen LogP contribution in [0.25, 0.3) is 0 Å². The molecule has 1 fully saturated rings. The average molecular weight is 319 g/mol. The Balaban J connectivity index is 2.40. The standard InChI is InChI=1S/C16H34N2O2S/c1-14(2)12-16(8-5-6-9-16)13-18-21(19,20)11-7-10-17-15(3)4/h14-15,17-18H,5-13H2,1-4H3. The summed E-state index contributed by atoms with van der Waals surface area (Å²) in [4.78, 5) is 0. The van der Waals surface area contributed by atoms with Crippen LogP contribution in [0.2, 0.25) is 0 Å². The lowest BCUT2D eigenvalue weighted by atomic mass is 9.79. The minimum atomic E-state index is -3.13. The monoisotopic (exact) mass is 318 g/mol. The second-order valence-electron chi connectivity index (χ2n) is 7.41. The van der Waals surface area contributed by atoms with E-state index in [2.05, 4.69) is 37.7 Å². The van der Waals surface area contributed by atoms with Crippen LogP contribution in [0.3, 0.4) is 0 Å². The molecule has 1 rings (SSSR count). The van der Waals surface area contributed by atoms with E-state index in [9.17, 15) is 8.42 Å². The number of hydrogen-bond donors (Lipinski definition) is 2. The Morgan fingerprint density at radius 3 is 2.24 bits per heavy atom. The van der Waals surface area contributed by atoms with Crippen LogP contribution in [-0.4, -0.2) is 33.3 Å². The van der Waals surface area contributed by atoms with E-state index >= 15 is 0 Å². The van der Waals surface area contributed by atoms with Crippen molar-refractivity contribution in [1.29, 1.82) is 0 Å². The van der Waals surface area contributed by atoms with Crippen molar-refractivity contribution in [3.63, 3.8) is 0 Å². The fourth-order valence-electron chi connectivity index (χ4n) is 3.43. The molecule has 0 unspecified atom stereocenters. The van der Waals surface area contributed by atoms with Gasteiger partial charge in [-0.25, -0.2) is 13.1 Å². The van der Waals surface area contributed by atoms with E-state index in [1.165, 1.54) is 25.7 Å². The number of hydrogen-bond acceptors (Lipinski definition) is 3. The van der Waals surface area contributed by atoms with Gasteiger partial charge in [-0.05, 0) is 43.6 Å². The Morgan fingerprint density at radius 1 is 1.10 bits per heavy atom. The summed E-state index contributed by atoms with van der Waals surface area (Å²) in [6.07, 6.45) is 6.62. The van der Waals surface area contributed by atoms with Gasteiger partial charge in [-0.1, -0.05) is 40.5 Å². The molecule has 0 aromatic rings. The smallest absolute Gasteiger partial charge is 0.211 e. The topological polar surface area (TPSA) is 58.2 Å². The fourth-order valence-corrected chi connectivity index (χ4v) is 4.63. The average Bonchev–Trinajstić information content (AvgIpc) is 2.81. The minimum absolute atomic E-state index is 0.206. The molecule has 0 aromatic carbocycles. The first-order chi connectivity index (χ1) is 9.75. The van der Waals surface area contributed by atoms with Crippen molar-refractivity contribution in [1.82, 2.24) is 10.0 Å². The second-order valence-corrected chi connectivity index (χ2v) is 9.33. The molecular weight excluding hydrogens is 284 g/mol. The van der Waals surface area contributed by atoms with E-state index in [0.29, 0.717) is 24.9 Å². The predicted octanol–water partition coefficient (Wildman–Crippen LogP) is 2.90. The molecule has 1 aliphatic carbocycles. The largest absolute Gasteiger partial charge is 0.314 e. The summed E-state index contributed by atoms with van der Waals surface area (Å²) < 4.78 is 27.1. The van der Waals surface area contributed by atoms with Crippen LogP contribution in [0.1, 0.15) is 66.2 Å². The lowest BCUT2D eigenvalue weighted by Crippen LogP contribution is -2.38. The van der Waals surface area contributed by atoms with Crippen LogP contribution in [0.15, 0.2) is 0 Å². The van der Waals surface area contributed by atoms with E-state index in [-0.39, 0.29) is 11.2 Å². The summed E-state index contributed by atoms with van der Waals surface area (Å²) in [5.41, 5.74) is 0.206. The summed E-state index contributed by atoms with van der Waals surface area (Å²) in [7, 11) is -3.13. The van der Waals surface area contributed by atoms with Gasteiger partial charge in [-0.3, -0.25) is 0 Å². The number of rotatable bonds is 10. The van der Waals surface area contributed by atoms with Gasteiger partial charge in [0, 0.05) is 12.6 Å². The molecular formula is C16H34N2O2S. The summed E-state index contributed by atoms with van der Waals surface area (Å²) in [5.74, 6) is 0.854. The van der Waals surface area contributed by atoms with Crippen LogP contribution in [0.4, 0.5) is 0 Å². The van der Waals surface area contributed by atoms with Crippen LogP contribution >= 0.6 is 0 Å². The van der Waals surface area contributed by atoms with Crippen molar-refractivity contribution in [3.05, 3.63) is 0 Å². The molecule has 0 aromatic heterocycles. The number of sulfonamides is 1. The molecule has 0 bridgehead atoms. The molecule has 0 radical (unpaired) electrons. The molecule has 0 aliphatic heterocycles. The van der Waals surface area contributed by atoms with Crippen molar-refractivity contribution in [2.45, 2.75) is 72.3 Å². The maximum atomic E-state index is 12.1. The first-order valence-electron chi connectivity index (χ1n) is 8.45. The van der Waals surface area contributed by atoms with Gasteiger partial charge >= 0.3 is 0 Å². The minimum Gasteiger partial charge on any atom is -0.314 e. The van der Waals surface area contributed by atoms with E-state index < -0.39 is 10.0 Å². The zero-order chi connectivity index (χ0) is 15.9. The number of nitrogens with one attached hydrogen (secondary N) is 2. The van der Waals surface area contributed by atoms with Crippen LogP contribution in [-0.2, 0) is 10.0 Å². The maximum Gasteiger partial charge on any atom is 0.211 e. The van der Waals surface area contributed by atoms with Crippen molar-refractivity contribution in [3.8, 4) is 0 Å². The third-order valence-electron chi connectivity index (χ3n) is 4.31.